The van der Waals surface area contributed by atoms with Gasteiger partial charge in [0, 0.05) is 10.1 Å². The predicted molar refractivity (Wildman–Crippen MR) is 94.9 cm³/mol. The number of hydrogen-bond acceptors (Lipinski definition) is 4. The Kier molecular flexibility index (Phi) is 4.60. The Morgan fingerprint density at radius 2 is 1.96 bits per heavy atom. The van der Waals surface area contributed by atoms with Gasteiger partial charge in [0.2, 0.25) is 0 Å². The quantitative estimate of drug-likeness (QED) is 0.565. The van der Waals surface area contributed by atoms with Crippen molar-refractivity contribution < 1.29 is 9.53 Å². The molecule has 3 aromatic rings. The highest BCUT2D eigenvalue weighted by molar-refractivity contribution is 7.21. The van der Waals surface area contributed by atoms with Gasteiger partial charge < -0.3 is 4.74 Å². The van der Waals surface area contributed by atoms with E-state index in [2.05, 4.69) is 10.5 Å². The highest BCUT2D eigenvalue weighted by Crippen LogP contribution is 2.34. The zero-order valence-corrected chi connectivity index (χ0v) is 13.8. The highest BCUT2D eigenvalue weighted by Gasteiger charge is 2.16. The summed E-state index contributed by atoms with van der Waals surface area (Å²) in [6, 6.07) is 15.0. The maximum atomic E-state index is 12.2. The highest BCUT2D eigenvalue weighted by atomic mass is 35.5. The molecule has 0 unspecified atom stereocenters. The fraction of sp³-hybridized carbons (Fsp3) is 0.0588. The van der Waals surface area contributed by atoms with E-state index < -0.39 is 0 Å². The van der Waals surface area contributed by atoms with E-state index in [0.29, 0.717) is 9.90 Å². The maximum absolute atomic E-state index is 12.2. The van der Waals surface area contributed by atoms with E-state index in [1.165, 1.54) is 11.3 Å². The minimum absolute atomic E-state index is 0.319. The van der Waals surface area contributed by atoms with Crippen LogP contribution in [0, 0.1) is 0 Å². The van der Waals surface area contributed by atoms with Gasteiger partial charge >= 0.3 is 0 Å². The van der Waals surface area contributed by atoms with Crippen molar-refractivity contribution in [3.05, 3.63) is 64.0 Å². The molecule has 1 amide bonds. The van der Waals surface area contributed by atoms with Crippen LogP contribution in [-0.4, -0.2) is 19.2 Å². The summed E-state index contributed by atoms with van der Waals surface area (Å²) < 4.78 is 6.06. The van der Waals surface area contributed by atoms with Crippen molar-refractivity contribution in [3.63, 3.8) is 0 Å². The topological polar surface area (TPSA) is 50.7 Å². The van der Waals surface area contributed by atoms with Gasteiger partial charge in [-0.2, -0.15) is 5.10 Å². The second kappa shape index (κ2) is 6.81. The Balaban J connectivity index is 1.72. The molecule has 0 aliphatic heterocycles. The van der Waals surface area contributed by atoms with Crippen molar-refractivity contribution in [1.82, 2.24) is 5.43 Å². The zero-order chi connectivity index (χ0) is 16.2. The summed E-state index contributed by atoms with van der Waals surface area (Å²) in [5.74, 6) is 0.448. The van der Waals surface area contributed by atoms with Crippen LogP contribution in [0.1, 0.15) is 15.2 Å². The Bertz CT molecular complexity index is 872. The number of nitrogens with one attached hydrogen (secondary N) is 1. The monoisotopic (exact) mass is 344 g/mol. The molecule has 116 valence electrons. The lowest BCUT2D eigenvalue weighted by Gasteiger charge is -1.99. The van der Waals surface area contributed by atoms with E-state index in [-0.39, 0.29) is 5.91 Å². The van der Waals surface area contributed by atoms with E-state index in [9.17, 15) is 4.79 Å². The molecule has 2 aromatic carbocycles. The Labute approximate surface area is 142 Å². The average Bonchev–Trinajstić information content (AvgIpc) is 2.93. The number of hydrazone groups is 1. The number of thiophene rings is 1. The van der Waals surface area contributed by atoms with Crippen LogP contribution in [0.3, 0.4) is 0 Å². The van der Waals surface area contributed by atoms with E-state index in [1.807, 2.05) is 48.5 Å². The predicted octanol–water partition coefficient (Wildman–Crippen LogP) is 4.33. The van der Waals surface area contributed by atoms with Crippen molar-refractivity contribution in [2.24, 2.45) is 5.10 Å². The van der Waals surface area contributed by atoms with Crippen LogP contribution in [0.2, 0.25) is 5.02 Å². The first kappa shape index (κ1) is 15.5. The van der Waals surface area contributed by atoms with Crippen LogP contribution >= 0.6 is 22.9 Å². The zero-order valence-electron chi connectivity index (χ0n) is 12.2. The third-order valence-corrected chi connectivity index (χ3v) is 4.91. The molecule has 0 aliphatic rings. The summed E-state index contributed by atoms with van der Waals surface area (Å²) in [7, 11) is 1.61. The third-order valence-electron chi connectivity index (χ3n) is 3.24. The van der Waals surface area contributed by atoms with Crippen molar-refractivity contribution in [1.29, 1.82) is 0 Å². The minimum Gasteiger partial charge on any atom is -0.497 e. The lowest BCUT2D eigenvalue weighted by Crippen LogP contribution is -2.16. The largest absolute Gasteiger partial charge is 0.497 e. The molecule has 0 aliphatic carbocycles. The number of ether oxygens (including phenoxy) is 1. The Morgan fingerprint density at radius 1 is 1.22 bits per heavy atom. The molecule has 1 heterocycles. The van der Waals surface area contributed by atoms with Crippen molar-refractivity contribution in [2.45, 2.75) is 0 Å². The molecule has 3 rings (SSSR count). The van der Waals surface area contributed by atoms with Gasteiger partial charge in [0.1, 0.15) is 10.6 Å². The standard InChI is InChI=1S/C17H13ClN2O2S/c1-22-12-8-6-11(7-9-12)10-19-20-17(21)16-15(18)13-4-2-3-5-14(13)23-16/h2-10H,1H3,(H,20,21). The van der Waals surface area contributed by atoms with Gasteiger partial charge in [-0.1, -0.05) is 29.8 Å². The molecule has 1 aromatic heterocycles. The molecule has 0 atom stereocenters. The van der Waals surface area contributed by atoms with Crippen molar-refractivity contribution >= 4 is 45.1 Å². The van der Waals surface area contributed by atoms with E-state index in [4.69, 9.17) is 16.3 Å². The van der Waals surface area contributed by atoms with E-state index in [1.54, 1.807) is 13.3 Å². The van der Waals surface area contributed by atoms with Crippen LogP contribution in [0.4, 0.5) is 0 Å². The summed E-state index contributed by atoms with van der Waals surface area (Å²) in [5.41, 5.74) is 3.36. The van der Waals surface area contributed by atoms with Gasteiger partial charge in [-0.25, -0.2) is 5.43 Å². The van der Waals surface area contributed by atoms with Crippen LogP contribution in [0.5, 0.6) is 5.75 Å². The van der Waals surface area contributed by atoms with Gasteiger partial charge in [-0.3, -0.25) is 4.79 Å². The Morgan fingerprint density at radius 3 is 2.65 bits per heavy atom. The minimum atomic E-state index is -0.319. The van der Waals surface area contributed by atoms with E-state index >= 15 is 0 Å². The first-order chi connectivity index (χ1) is 11.2. The summed E-state index contributed by atoms with van der Waals surface area (Å²) in [6.07, 6.45) is 1.57. The number of rotatable bonds is 4. The molecule has 23 heavy (non-hydrogen) atoms. The van der Waals surface area contributed by atoms with Crippen molar-refractivity contribution in [2.75, 3.05) is 7.11 Å². The van der Waals surface area contributed by atoms with Crippen LogP contribution < -0.4 is 10.2 Å². The Hall–Kier alpha value is -2.37. The fourth-order valence-corrected chi connectivity index (χ4v) is 3.47. The van der Waals surface area contributed by atoms with Crippen LogP contribution in [-0.2, 0) is 0 Å². The van der Waals surface area contributed by atoms with Crippen LogP contribution in [0.15, 0.2) is 53.6 Å². The smallest absolute Gasteiger partial charge is 0.283 e. The molecular formula is C17H13ClN2O2S. The molecule has 0 saturated carbocycles. The van der Waals surface area contributed by atoms with Gasteiger partial charge in [0.15, 0.2) is 0 Å². The second-order valence-electron chi connectivity index (χ2n) is 4.71. The number of methoxy groups -OCH3 is 1. The molecule has 1 N–H and O–H groups in total. The molecular weight excluding hydrogens is 332 g/mol. The number of halogens is 1. The fourth-order valence-electron chi connectivity index (χ4n) is 2.07. The van der Waals surface area contributed by atoms with E-state index in [0.717, 1.165) is 21.4 Å². The van der Waals surface area contributed by atoms with Gasteiger partial charge in [-0.05, 0) is 35.9 Å². The molecule has 0 radical (unpaired) electrons. The molecule has 0 fully saturated rings. The summed E-state index contributed by atoms with van der Waals surface area (Å²) >= 11 is 7.61. The molecule has 0 bridgehead atoms. The van der Waals surface area contributed by atoms with Crippen molar-refractivity contribution in [3.8, 4) is 5.75 Å². The SMILES string of the molecule is COc1ccc(C=NNC(=O)c2sc3ccccc3c2Cl)cc1. The molecule has 0 spiro atoms. The summed E-state index contributed by atoms with van der Waals surface area (Å²) in [5, 5.41) is 5.31. The number of carbonyl (C=O) groups excluding carboxylic acids is 1. The van der Waals surface area contributed by atoms with Crippen LogP contribution in [0.25, 0.3) is 10.1 Å². The summed E-state index contributed by atoms with van der Waals surface area (Å²) in [6.45, 7) is 0. The number of amides is 1. The van der Waals surface area contributed by atoms with Gasteiger partial charge in [-0.15, -0.1) is 11.3 Å². The number of benzene rings is 2. The third kappa shape index (κ3) is 3.36. The van der Waals surface area contributed by atoms with Gasteiger partial charge in [0.25, 0.3) is 5.91 Å². The number of nitrogens with zero attached hydrogens (tertiary/aromatic N) is 1. The molecule has 4 nitrogen and oxygen atoms in total. The first-order valence-corrected chi connectivity index (χ1v) is 8.03. The average molecular weight is 345 g/mol. The number of fused-ring (bicyclic) bond motifs is 1. The molecule has 6 heteroatoms. The lowest BCUT2D eigenvalue weighted by molar-refractivity contribution is 0.0959. The number of hydrogen-bond donors (Lipinski definition) is 1. The van der Waals surface area contributed by atoms with Gasteiger partial charge in [0.05, 0.1) is 18.3 Å². The second-order valence-corrected chi connectivity index (χ2v) is 6.14. The first-order valence-electron chi connectivity index (χ1n) is 6.83. The molecule has 0 saturated heterocycles. The normalized spacial score (nSPS) is 11.0. The number of carbonyl (C=O) groups is 1. The lowest BCUT2D eigenvalue weighted by atomic mass is 10.2. The maximum Gasteiger partial charge on any atom is 0.283 e. The summed E-state index contributed by atoms with van der Waals surface area (Å²) in [4.78, 5) is 12.7.